The van der Waals surface area contributed by atoms with Crippen LogP contribution in [-0.2, 0) is 33.2 Å². The molecule has 16 heavy (non-hydrogen) atoms. The lowest BCUT2D eigenvalue weighted by molar-refractivity contribution is 0.0727. The summed E-state index contributed by atoms with van der Waals surface area (Å²) in [5, 5.41) is 0. The summed E-state index contributed by atoms with van der Waals surface area (Å²) >= 11 is 4.44. The fraction of sp³-hybridized carbons (Fsp3) is 1.00. The monoisotopic (exact) mass is 288 g/mol. The van der Waals surface area contributed by atoms with E-state index in [2.05, 4.69) is 11.2 Å². The maximum Gasteiger partial charge on any atom is 0.501 e. The van der Waals surface area contributed by atoms with Crippen LogP contribution in [0.1, 0.15) is 20.8 Å². The standard InChI is InChI=1S/C8H20O5S2Si/c1-4-11-16(12-5-2,13-6-3)8-7-15(9,10)14/h4-8H2,1-3H3,(H,9,10,14). The van der Waals surface area contributed by atoms with Crippen molar-refractivity contribution >= 4 is 28.8 Å². The van der Waals surface area contributed by atoms with Crippen LogP contribution in [0.2, 0.25) is 6.04 Å². The Kier molecular flexibility index (Phi) is 7.90. The summed E-state index contributed by atoms with van der Waals surface area (Å²) in [6, 6.07) is 0.279. The Morgan fingerprint density at radius 1 is 1.12 bits per heavy atom. The highest BCUT2D eigenvalue weighted by molar-refractivity contribution is 8.29. The summed E-state index contributed by atoms with van der Waals surface area (Å²) in [5.41, 5.74) is 0. The quantitative estimate of drug-likeness (QED) is 0.644. The van der Waals surface area contributed by atoms with Gasteiger partial charge in [0.1, 0.15) is 8.77 Å². The second kappa shape index (κ2) is 7.70. The van der Waals surface area contributed by atoms with E-state index >= 15 is 0 Å². The Bertz CT molecular complexity index is 263. The van der Waals surface area contributed by atoms with E-state index in [4.69, 9.17) is 17.8 Å². The molecule has 0 rings (SSSR count). The fourth-order valence-corrected chi connectivity index (χ4v) is 6.04. The highest BCUT2D eigenvalue weighted by Gasteiger charge is 2.40. The van der Waals surface area contributed by atoms with E-state index in [9.17, 15) is 4.21 Å². The molecule has 0 aliphatic rings. The molecule has 0 saturated heterocycles. The molecule has 0 bridgehead atoms. The minimum atomic E-state index is -3.18. The zero-order chi connectivity index (χ0) is 12.7. The van der Waals surface area contributed by atoms with Crippen molar-refractivity contribution in [1.82, 2.24) is 0 Å². The second-order valence-electron chi connectivity index (χ2n) is 3.02. The molecule has 0 heterocycles. The van der Waals surface area contributed by atoms with Crippen molar-refractivity contribution in [3.63, 3.8) is 0 Å². The van der Waals surface area contributed by atoms with E-state index in [0.29, 0.717) is 19.8 Å². The highest BCUT2D eigenvalue weighted by atomic mass is 32.8. The summed E-state index contributed by atoms with van der Waals surface area (Å²) in [7, 11) is -6.00. The van der Waals surface area contributed by atoms with E-state index in [1.165, 1.54) is 0 Å². The summed E-state index contributed by atoms with van der Waals surface area (Å²) in [4.78, 5) is 0. The molecule has 98 valence electrons. The lowest BCUT2D eigenvalue weighted by atomic mass is 10.9. The van der Waals surface area contributed by atoms with Crippen molar-refractivity contribution in [2.24, 2.45) is 0 Å². The Hall–Kier alpha value is 0.427. The summed E-state index contributed by atoms with van der Waals surface area (Å²) in [6.45, 7) is 6.88. The van der Waals surface area contributed by atoms with Crippen molar-refractivity contribution in [3.05, 3.63) is 0 Å². The predicted octanol–water partition coefficient (Wildman–Crippen LogP) is 1.25. The van der Waals surface area contributed by atoms with Gasteiger partial charge in [0.15, 0.2) is 0 Å². The van der Waals surface area contributed by atoms with Crippen molar-refractivity contribution in [1.29, 1.82) is 0 Å². The predicted molar refractivity (Wildman–Crippen MR) is 68.4 cm³/mol. The smallest absolute Gasteiger partial charge is 0.374 e. The maximum atomic E-state index is 11.1. The summed E-state index contributed by atoms with van der Waals surface area (Å²) in [5.74, 6) is -0.0332. The third kappa shape index (κ3) is 6.89. The Labute approximate surface area is 103 Å². The van der Waals surface area contributed by atoms with Gasteiger partial charge in [0.25, 0.3) is 0 Å². The molecule has 0 aromatic rings. The minimum absolute atomic E-state index is 0.0332. The van der Waals surface area contributed by atoms with Gasteiger partial charge in [0, 0.05) is 37.1 Å². The highest BCUT2D eigenvalue weighted by Crippen LogP contribution is 2.16. The van der Waals surface area contributed by atoms with Crippen LogP contribution in [-0.4, -0.2) is 43.1 Å². The first-order valence-corrected chi connectivity index (χ1v) is 9.80. The third-order valence-corrected chi connectivity index (χ3v) is 6.39. The van der Waals surface area contributed by atoms with Gasteiger partial charge < -0.3 is 17.8 Å². The van der Waals surface area contributed by atoms with E-state index in [1.807, 2.05) is 20.8 Å². The number of hydrogen-bond donors (Lipinski definition) is 1. The van der Waals surface area contributed by atoms with Crippen LogP contribution < -0.4 is 0 Å². The molecule has 1 atom stereocenters. The molecule has 5 nitrogen and oxygen atoms in total. The Morgan fingerprint density at radius 2 is 1.50 bits per heavy atom. The van der Waals surface area contributed by atoms with Gasteiger partial charge in [0.2, 0.25) is 0 Å². The number of rotatable bonds is 9. The van der Waals surface area contributed by atoms with E-state index in [-0.39, 0.29) is 11.8 Å². The van der Waals surface area contributed by atoms with Crippen molar-refractivity contribution < 1.29 is 22.0 Å². The molecule has 0 aliphatic carbocycles. The van der Waals surface area contributed by atoms with Crippen molar-refractivity contribution in [3.8, 4) is 0 Å². The molecule has 0 fully saturated rings. The van der Waals surface area contributed by atoms with Crippen LogP contribution in [0.25, 0.3) is 0 Å². The zero-order valence-electron chi connectivity index (χ0n) is 9.93. The molecule has 1 unspecified atom stereocenters. The van der Waals surface area contributed by atoms with E-state index in [1.54, 1.807) is 0 Å². The van der Waals surface area contributed by atoms with Gasteiger partial charge >= 0.3 is 8.80 Å². The molecule has 0 amide bonds. The normalized spacial score (nSPS) is 16.0. The van der Waals surface area contributed by atoms with Crippen LogP contribution >= 0.6 is 0 Å². The van der Waals surface area contributed by atoms with Gasteiger partial charge in [-0.1, -0.05) is 0 Å². The van der Waals surface area contributed by atoms with Gasteiger partial charge in [-0.2, -0.15) is 0 Å². The number of hydrogen-bond acceptors (Lipinski definition) is 5. The van der Waals surface area contributed by atoms with Crippen molar-refractivity contribution in [2.75, 3.05) is 25.6 Å². The molecule has 0 radical (unpaired) electrons. The average molecular weight is 288 g/mol. The average Bonchev–Trinajstić information content (AvgIpc) is 2.15. The molecule has 1 N–H and O–H groups in total. The van der Waals surface area contributed by atoms with E-state index < -0.39 is 17.6 Å². The van der Waals surface area contributed by atoms with Gasteiger partial charge in [-0.25, -0.2) is 4.21 Å². The van der Waals surface area contributed by atoms with Crippen LogP contribution in [0.3, 0.4) is 0 Å². The van der Waals surface area contributed by atoms with Gasteiger partial charge in [-0.15, -0.1) is 0 Å². The molecule has 8 heteroatoms. The maximum absolute atomic E-state index is 11.1. The van der Waals surface area contributed by atoms with Gasteiger partial charge in [-0.05, 0) is 20.8 Å². The van der Waals surface area contributed by atoms with Crippen LogP contribution in [0.15, 0.2) is 0 Å². The third-order valence-electron chi connectivity index (χ3n) is 1.76. The molecule has 0 aromatic heterocycles. The molecule has 0 aromatic carbocycles. The first-order chi connectivity index (χ1) is 7.39. The topological polar surface area (TPSA) is 65.0 Å². The van der Waals surface area contributed by atoms with Crippen LogP contribution in [0.4, 0.5) is 0 Å². The van der Waals surface area contributed by atoms with Crippen molar-refractivity contribution in [2.45, 2.75) is 26.8 Å². The summed E-state index contributed by atoms with van der Waals surface area (Å²) < 4.78 is 36.7. The van der Waals surface area contributed by atoms with Crippen LogP contribution in [0.5, 0.6) is 0 Å². The van der Waals surface area contributed by atoms with Gasteiger partial charge in [0.05, 0.1) is 5.75 Å². The fourth-order valence-electron chi connectivity index (χ4n) is 1.26. The molecule has 0 saturated carbocycles. The summed E-state index contributed by atoms with van der Waals surface area (Å²) in [6.07, 6.45) is 0. The SMILES string of the molecule is CCO[Si](CCS(=O)(O)=S)(OCC)OCC. The lowest BCUT2D eigenvalue weighted by Gasteiger charge is -2.28. The first-order valence-electron chi connectivity index (χ1n) is 5.26. The zero-order valence-corrected chi connectivity index (χ0v) is 12.6. The Morgan fingerprint density at radius 3 is 1.75 bits per heavy atom. The molecular formula is C8H20O5S2Si. The largest absolute Gasteiger partial charge is 0.501 e. The molecular weight excluding hydrogens is 268 g/mol. The van der Waals surface area contributed by atoms with Gasteiger partial charge in [-0.3, -0.25) is 0 Å². The van der Waals surface area contributed by atoms with E-state index in [0.717, 1.165) is 0 Å². The molecule has 0 aliphatic heterocycles. The molecule has 0 spiro atoms. The minimum Gasteiger partial charge on any atom is -0.374 e. The Balaban J connectivity index is 4.58. The lowest BCUT2D eigenvalue weighted by Crippen LogP contribution is -2.47. The first kappa shape index (κ1) is 16.4. The van der Waals surface area contributed by atoms with Crippen LogP contribution in [0, 0.1) is 0 Å². The second-order valence-corrected chi connectivity index (χ2v) is 8.88.